The summed E-state index contributed by atoms with van der Waals surface area (Å²) in [7, 11) is 1.31. The van der Waals surface area contributed by atoms with Crippen molar-refractivity contribution in [2.75, 3.05) is 12.8 Å². The number of hydrogen-bond acceptors (Lipinski definition) is 4. The van der Waals surface area contributed by atoms with Crippen molar-refractivity contribution in [2.24, 2.45) is 0 Å². The van der Waals surface area contributed by atoms with Gasteiger partial charge < -0.3 is 10.6 Å². The molecule has 32 heavy (non-hydrogen) atoms. The summed E-state index contributed by atoms with van der Waals surface area (Å²) in [4.78, 5) is 22.2. The van der Waals surface area contributed by atoms with E-state index in [-0.39, 0.29) is 22.5 Å². The number of hydrogen-bond donors (Lipinski definition) is 1. The third-order valence-corrected chi connectivity index (χ3v) is 5.38. The first kappa shape index (κ1) is 21.5. The maximum atomic E-state index is 14.8. The Morgan fingerprint density at radius 3 is 2.50 bits per heavy atom. The molecule has 0 saturated heterocycles. The van der Waals surface area contributed by atoms with Crippen LogP contribution in [0.2, 0.25) is 0 Å². The molecule has 2 N–H and O–H groups in total. The van der Waals surface area contributed by atoms with Gasteiger partial charge >= 0.3 is 6.18 Å². The summed E-state index contributed by atoms with van der Waals surface area (Å²) < 4.78 is 69.1. The first-order chi connectivity index (χ1) is 15.0. The van der Waals surface area contributed by atoms with Crippen molar-refractivity contribution in [3.63, 3.8) is 0 Å². The lowest BCUT2D eigenvalue weighted by Crippen LogP contribution is -2.31. The van der Waals surface area contributed by atoms with Crippen molar-refractivity contribution in [1.29, 1.82) is 0 Å². The molecule has 0 spiro atoms. The first-order valence-corrected chi connectivity index (χ1v) is 9.33. The highest BCUT2D eigenvalue weighted by molar-refractivity contribution is 5.98. The van der Waals surface area contributed by atoms with Crippen molar-refractivity contribution in [1.82, 2.24) is 19.3 Å². The molecule has 2 heterocycles. The Morgan fingerprint density at radius 2 is 1.84 bits per heavy atom. The fourth-order valence-corrected chi connectivity index (χ4v) is 3.48. The molecule has 0 aliphatic rings. The van der Waals surface area contributed by atoms with Gasteiger partial charge in [0, 0.05) is 18.7 Å². The number of nitrogens with zero attached hydrogens (tertiary/aromatic N) is 4. The SMILES string of the molecule is C[C@@H](c1ccc(C(F)(F)F)cc1F)N(C)C(=O)c1cc2c(cc1F)nc(N)c1cncn12. The van der Waals surface area contributed by atoms with Gasteiger partial charge in [0.05, 0.1) is 40.7 Å². The van der Waals surface area contributed by atoms with Crippen molar-refractivity contribution >= 4 is 28.3 Å². The van der Waals surface area contributed by atoms with Crippen LogP contribution in [0.5, 0.6) is 0 Å². The Morgan fingerprint density at radius 1 is 1.12 bits per heavy atom. The third-order valence-electron chi connectivity index (χ3n) is 5.38. The highest BCUT2D eigenvalue weighted by atomic mass is 19.4. The maximum absolute atomic E-state index is 14.8. The summed E-state index contributed by atoms with van der Waals surface area (Å²) in [6.45, 7) is 1.43. The van der Waals surface area contributed by atoms with Crippen LogP contribution in [-0.2, 0) is 6.18 Å². The molecule has 0 bridgehead atoms. The van der Waals surface area contributed by atoms with Crippen LogP contribution >= 0.6 is 0 Å². The molecular weight excluding hydrogens is 433 g/mol. The molecule has 0 unspecified atom stereocenters. The van der Waals surface area contributed by atoms with E-state index in [0.717, 1.165) is 23.1 Å². The Balaban J connectivity index is 1.72. The number of imidazole rings is 1. The molecule has 2 aromatic heterocycles. The van der Waals surface area contributed by atoms with Crippen LogP contribution < -0.4 is 5.73 Å². The van der Waals surface area contributed by atoms with Gasteiger partial charge in [-0.2, -0.15) is 13.2 Å². The van der Waals surface area contributed by atoms with Crippen LogP contribution in [0.3, 0.4) is 0 Å². The molecule has 0 aliphatic carbocycles. The Bertz CT molecular complexity index is 1360. The van der Waals surface area contributed by atoms with E-state index in [1.54, 1.807) is 4.40 Å². The van der Waals surface area contributed by atoms with E-state index in [1.165, 1.54) is 32.6 Å². The lowest BCUT2D eigenvalue weighted by molar-refractivity contribution is -0.137. The molecule has 166 valence electrons. The number of alkyl halides is 3. The van der Waals surface area contributed by atoms with Crippen molar-refractivity contribution in [3.8, 4) is 0 Å². The van der Waals surface area contributed by atoms with Crippen molar-refractivity contribution in [2.45, 2.75) is 19.1 Å². The smallest absolute Gasteiger partial charge is 0.382 e. The van der Waals surface area contributed by atoms with E-state index in [9.17, 15) is 26.7 Å². The van der Waals surface area contributed by atoms with Crippen molar-refractivity contribution in [3.05, 3.63) is 71.2 Å². The summed E-state index contributed by atoms with van der Waals surface area (Å²) in [5.41, 5.74) is 5.29. The summed E-state index contributed by atoms with van der Waals surface area (Å²) >= 11 is 0. The zero-order valence-corrected chi connectivity index (χ0v) is 16.8. The maximum Gasteiger partial charge on any atom is 0.416 e. The minimum absolute atomic E-state index is 0.136. The van der Waals surface area contributed by atoms with Crippen LogP contribution in [0.4, 0.5) is 27.8 Å². The normalized spacial score (nSPS) is 13.0. The lowest BCUT2D eigenvalue weighted by Gasteiger charge is -2.26. The average molecular weight is 449 g/mol. The van der Waals surface area contributed by atoms with Gasteiger partial charge in [0.25, 0.3) is 5.91 Å². The average Bonchev–Trinajstić information content (AvgIpc) is 3.22. The molecule has 0 saturated carbocycles. The van der Waals surface area contributed by atoms with Gasteiger partial charge in [-0.3, -0.25) is 9.20 Å². The molecule has 0 radical (unpaired) electrons. The lowest BCUT2D eigenvalue weighted by atomic mass is 10.0. The van der Waals surface area contributed by atoms with Crippen LogP contribution in [-0.4, -0.2) is 32.2 Å². The number of nitrogen functional groups attached to an aromatic ring is 1. The summed E-state index contributed by atoms with van der Waals surface area (Å²) in [6, 6.07) is 3.42. The number of anilines is 1. The zero-order chi connectivity index (χ0) is 23.4. The number of aromatic nitrogens is 3. The topological polar surface area (TPSA) is 76.5 Å². The third kappa shape index (κ3) is 3.49. The minimum atomic E-state index is -4.70. The Labute approximate surface area is 178 Å². The molecule has 4 rings (SSSR count). The van der Waals surface area contributed by atoms with Crippen LogP contribution in [0.1, 0.15) is 34.5 Å². The van der Waals surface area contributed by atoms with E-state index in [4.69, 9.17) is 5.73 Å². The zero-order valence-electron chi connectivity index (χ0n) is 16.8. The highest BCUT2D eigenvalue weighted by Gasteiger charge is 2.32. The van der Waals surface area contributed by atoms with Gasteiger partial charge in [0.1, 0.15) is 23.0 Å². The Kier molecular flexibility index (Phi) is 4.99. The predicted molar refractivity (Wildman–Crippen MR) is 107 cm³/mol. The molecule has 2 aromatic carbocycles. The number of carbonyl (C=O) groups excluding carboxylic acids is 1. The monoisotopic (exact) mass is 449 g/mol. The molecule has 4 aromatic rings. The van der Waals surface area contributed by atoms with Gasteiger partial charge in [-0.1, -0.05) is 6.07 Å². The van der Waals surface area contributed by atoms with Gasteiger partial charge in [-0.25, -0.2) is 18.7 Å². The van der Waals surface area contributed by atoms with E-state index in [2.05, 4.69) is 9.97 Å². The second-order valence-electron chi connectivity index (χ2n) is 7.29. The summed E-state index contributed by atoms with van der Waals surface area (Å²) in [5, 5.41) is 0. The van der Waals surface area contributed by atoms with Crippen LogP contribution in [0, 0.1) is 11.6 Å². The van der Waals surface area contributed by atoms with Gasteiger partial charge in [0.2, 0.25) is 0 Å². The fourth-order valence-electron chi connectivity index (χ4n) is 3.48. The minimum Gasteiger partial charge on any atom is -0.382 e. The number of benzene rings is 2. The van der Waals surface area contributed by atoms with E-state index >= 15 is 0 Å². The number of nitrogens with two attached hydrogens (primary N) is 1. The van der Waals surface area contributed by atoms with E-state index < -0.39 is 35.3 Å². The summed E-state index contributed by atoms with van der Waals surface area (Å²) in [5.74, 6) is -2.65. The number of fused-ring (bicyclic) bond motifs is 3. The van der Waals surface area contributed by atoms with E-state index in [1.807, 2.05) is 0 Å². The molecule has 1 amide bonds. The second-order valence-corrected chi connectivity index (χ2v) is 7.29. The van der Waals surface area contributed by atoms with Gasteiger partial charge in [-0.15, -0.1) is 0 Å². The first-order valence-electron chi connectivity index (χ1n) is 9.33. The number of halogens is 5. The second kappa shape index (κ2) is 7.43. The molecule has 0 fully saturated rings. The van der Waals surface area contributed by atoms with Crippen LogP contribution in [0.15, 0.2) is 42.9 Å². The number of carbonyl (C=O) groups is 1. The number of rotatable bonds is 3. The highest BCUT2D eigenvalue weighted by Crippen LogP contribution is 2.33. The predicted octanol–water partition coefficient (Wildman–Crippen LogP) is 4.59. The standard InChI is InChI=1S/C21H16F5N5O/c1-10(12-4-3-11(5-14(12)22)21(24,25)26)30(2)20(32)13-6-17-16(7-15(13)23)29-19(27)18-8-28-9-31(17)18/h3-10H,1-2H3,(H2,27,29)/t10-/m0/s1. The van der Waals surface area contributed by atoms with Gasteiger partial charge in [0.15, 0.2) is 0 Å². The fraction of sp³-hybridized carbons (Fsp3) is 0.190. The Hall–Kier alpha value is -3.76. The largest absolute Gasteiger partial charge is 0.416 e. The molecule has 11 heteroatoms. The van der Waals surface area contributed by atoms with Crippen molar-refractivity contribution < 1.29 is 26.7 Å². The molecule has 6 nitrogen and oxygen atoms in total. The van der Waals surface area contributed by atoms with Crippen LogP contribution in [0.25, 0.3) is 16.6 Å². The van der Waals surface area contributed by atoms with Gasteiger partial charge in [-0.05, 0) is 25.1 Å². The molecule has 0 aliphatic heterocycles. The molecular formula is C21H16F5N5O. The van der Waals surface area contributed by atoms with E-state index in [0.29, 0.717) is 17.1 Å². The number of amides is 1. The molecule has 1 atom stereocenters. The summed E-state index contributed by atoms with van der Waals surface area (Å²) in [6.07, 6.45) is -1.80. The quantitative estimate of drug-likeness (QED) is 0.464.